The summed E-state index contributed by atoms with van der Waals surface area (Å²) in [5.74, 6) is 0. The number of rotatable bonds is 5. The first kappa shape index (κ1) is 15.6. The van der Waals surface area contributed by atoms with Crippen molar-refractivity contribution in [1.29, 1.82) is 0 Å². The number of carbonyl (C=O) groups excluding carboxylic acids is 1. The molecule has 0 atom stereocenters. The first-order valence-corrected chi connectivity index (χ1v) is 7.68. The van der Waals surface area contributed by atoms with Gasteiger partial charge in [0.15, 0.2) is 0 Å². The zero-order valence-electron chi connectivity index (χ0n) is 12.7. The second-order valence-corrected chi connectivity index (χ2v) is 5.41. The van der Waals surface area contributed by atoms with Crippen molar-refractivity contribution in [3.05, 3.63) is 29.8 Å². The SMILES string of the molecule is CCOC(=O)N1CCC(NCCc2cccc(N)c2)CC1. The Morgan fingerprint density at radius 1 is 1.43 bits per heavy atom. The molecule has 21 heavy (non-hydrogen) atoms. The molecule has 1 aromatic rings. The lowest BCUT2D eigenvalue weighted by atomic mass is 10.0. The minimum absolute atomic E-state index is 0.185. The van der Waals surface area contributed by atoms with Gasteiger partial charge in [-0.3, -0.25) is 0 Å². The van der Waals surface area contributed by atoms with Gasteiger partial charge >= 0.3 is 6.09 Å². The Morgan fingerprint density at radius 3 is 2.86 bits per heavy atom. The number of nitrogens with two attached hydrogens (primary N) is 1. The minimum Gasteiger partial charge on any atom is -0.450 e. The van der Waals surface area contributed by atoms with E-state index in [1.807, 2.05) is 25.1 Å². The van der Waals surface area contributed by atoms with E-state index < -0.39 is 0 Å². The Balaban J connectivity index is 1.66. The van der Waals surface area contributed by atoms with Gasteiger partial charge in [-0.2, -0.15) is 0 Å². The fraction of sp³-hybridized carbons (Fsp3) is 0.562. The van der Waals surface area contributed by atoms with Gasteiger partial charge in [0.25, 0.3) is 0 Å². The Hall–Kier alpha value is -1.75. The van der Waals surface area contributed by atoms with E-state index >= 15 is 0 Å². The van der Waals surface area contributed by atoms with Crippen LogP contribution < -0.4 is 11.1 Å². The third-order valence-corrected chi connectivity index (χ3v) is 3.82. The Labute approximate surface area is 126 Å². The van der Waals surface area contributed by atoms with Crippen LogP contribution in [0.15, 0.2) is 24.3 Å². The number of anilines is 1. The molecule has 5 nitrogen and oxygen atoms in total. The van der Waals surface area contributed by atoms with Gasteiger partial charge in [0, 0.05) is 24.8 Å². The third kappa shape index (κ3) is 4.93. The number of likely N-dealkylation sites (tertiary alicyclic amines) is 1. The van der Waals surface area contributed by atoms with Crippen molar-refractivity contribution in [1.82, 2.24) is 10.2 Å². The van der Waals surface area contributed by atoms with E-state index in [0.717, 1.165) is 44.6 Å². The van der Waals surface area contributed by atoms with E-state index in [0.29, 0.717) is 12.6 Å². The highest BCUT2D eigenvalue weighted by molar-refractivity contribution is 5.67. The van der Waals surface area contributed by atoms with E-state index in [4.69, 9.17) is 10.5 Å². The Morgan fingerprint density at radius 2 is 2.19 bits per heavy atom. The van der Waals surface area contributed by atoms with E-state index in [9.17, 15) is 4.79 Å². The molecule has 1 fully saturated rings. The normalized spacial score (nSPS) is 16.0. The van der Waals surface area contributed by atoms with Gasteiger partial charge in [0.05, 0.1) is 6.61 Å². The molecule has 116 valence electrons. The van der Waals surface area contributed by atoms with E-state index in [-0.39, 0.29) is 6.09 Å². The Kier molecular flexibility index (Phi) is 5.87. The van der Waals surface area contributed by atoms with Crippen LogP contribution in [0.1, 0.15) is 25.3 Å². The highest BCUT2D eigenvalue weighted by Gasteiger charge is 2.22. The number of carbonyl (C=O) groups is 1. The topological polar surface area (TPSA) is 67.6 Å². The fourth-order valence-corrected chi connectivity index (χ4v) is 2.65. The number of hydrogen-bond donors (Lipinski definition) is 2. The van der Waals surface area contributed by atoms with E-state index in [1.165, 1.54) is 5.56 Å². The standard InChI is InChI=1S/C16H25N3O2/c1-2-21-16(20)19-10-7-15(8-11-19)18-9-6-13-4-3-5-14(17)12-13/h3-5,12,15,18H,2,6-11,17H2,1H3. The van der Waals surface area contributed by atoms with Gasteiger partial charge in [0.2, 0.25) is 0 Å². The number of hydrogen-bond acceptors (Lipinski definition) is 4. The van der Waals surface area contributed by atoms with Gasteiger partial charge in [0.1, 0.15) is 0 Å². The molecule has 0 aliphatic carbocycles. The summed E-state index contributed by atoms with van der Waals surface area (Å²) < 4.78 is 5.02. The summed E-state index contributed by atoms with van der Waals surface area (Å²) in [7, 11) is 0. The molecule has 1 aromatic carbocycles. The average Bonchev–Trinajstić information content (AvgIpc) is 2.48. The van der Waals surface area contributed by atoms with Crippen molar-refractivity contribution < 1.29 is 9.53 Å². The summed E-state index contributed by atoms with van der Waals surface area (Å²) in [5.41, 5.74) is 7.84. The first-order chi connectivity index (χ1) is 10.2. The van der Waals surface area contributed by atoms with Crippen LogP contribution in [0.3, 0.4) is 0 Å². The predicted molar refractivity (Wildman–Crippen MR) is 84.2 cm³/mol. The number of nitrogens with zero attached hydrogens (tertiary/aromatic N) is 1. The molecule has 0 bridgehead atoms. The second kappa shape index (κ2) is 7.88. The van der Waals surface area contributed by atoms with Gasteiger partial charge < -0.3 is 20.7 Å². The summed E-state index contributed by atoms with van der Waals surface area (Å²) in [4.78, 5) is 13.4. The number of piperidine rings is 1. The fourth-order valence-electron chi connectivity index (χ4n) is 2.65. The molecule has 5 heteroatoms. The monoisotopic (exact) mass is 291 g/mol. The molecule has 1 aliphatic rings. The second-order valence-electron chi connectivity index (χ2n) is 5.41. The van der Waals surface area contributed by atoms with Crippen molar-refractivity contribution >= 4 is 11.8 Å². The van der Waals surface area contributed by atoms with Crippen molar-refractivity contribution in [2.75, 3.05) is 32.0 Å². The van der Waals surface area contributed by atoms with Crippen LogP contribution in [0, 0.1) is 0 Å². The lowest BCUT2D eigenvalue weighted by Gasteiger charge is -2.31. The maximum atomic E-state index is 11.6. The lowest BCUT2D eigenvalue weighted by Crippen LogP contribution is -2.45. The van der Waals surface area contributed by atoms with Crippen molar-refractivity contribution in [3.63, 3.8) is 0 Å². The number of amides is 1. The largest absolute Gasteiger partial charge is 0.450 e. The third-order valence-electron chi connectivity index (χ3n) is 3.82. The summed E-state index contributed by atoms with van der Waals surface area (Å²) in [6, 6.07) is 8.49. The van der Waals surface area contributed by atoms with Crippen LogP contribution >= 0.6 is 0 Å². The summed E-state index contributed by atoms with van der Waals surface area (Å²) >= 11 is 0. The highest BCUT2D eigenvalue weighted by Crippen LogP contribution is 2.12. The van der Waals surface area contributed by atoms with E-state index in [2.05, 4.69) is 11.4 Å². The van der Waals surface area contributed by atoms with Crippen LogP contribution in [-0.2, 0) is 11.2 Å². The summed E-state index contributed by atoms with van der Waals surface area (Å²) in [5, 5.41) is 3.56. The van der Waals surface area contributed by atoms with Gasteiger partial charge in [-0.1, -0.05) is 12.1 Å². The smallest absolute Gasteiger partial charge is 0.409 e. The minimum atomic E-state index is -0.185. The van der Waals surface area contributed by atoms with E-state index in [1.54, 1.807) is 4.90 Å². The quantitative estimate of drug-likeness (QED) is 0.815. The van der Waals surface area contributed by atoms with Crippen LogP contribution in [0.2, 0.25) is 0 Å². The number of nitrogens with one attached hydrogen (secondary N) is 1. The lowest BCUT2D eigenvalue weighted by molar-refractivity contribution is 0.0952. The zero-order valence-corrected chi connectivity index (χ0v) is 12.7. The molecule has 3 N–H and O–H groups in total. The molecular weight excluding hydrogens is 266 g/mol. The van der Waals surface area contributed by atoms with Crippen LogP contribution in [0.25, 0.3) is 0 Å². The molecule has 0 saturated carbocycles. The van der Waals surface area contributed by atoms with Crippen LogP contribution in [0.4, 0.5) is 10.5 Å². The number of nitrogen functional groups attached to an aromatic ring is 1. The molecule has 1 saturated heterocycles. The zero-order chi connectivity index (χ0) is 15.1. The van der Waals surface area contributed by atoms with Gasteiger partial charge in [-0.05, 0) is 50.4 Å². The molecule has 1 amide bonds. The molecule has 0 unspecified atom stereocenters. The highest BCUT2D eigenvalue weighted by atomic mass is 16.6. The maximum Gasteiger partial charge on any atom is 0.409 e. The summed E-state index contributed by atoms with van der Waals surface area (Å²) in [6.45, 7) is 4.76. The van der Waals surface area contributed by atoms with Crippen molar-refractivity contribution in [3.8, 4) is 0 Å². The molecule has 1 heterocycles. The Bertz CT molecular complexity index is 457. The number of benzene rings is 1. The van der Waals surface area contributed by atoms with Crippen molar-refractivity contribution in [2.45, 2.75) is 32.2 Å². The maximum absolute atomic E-state index is 11.6. The van der Waals surface area contributed by atoms with Crippen molar-refractivity contribution in [2.24, 2.45) is 0 Å². The first-order valence-electron chi connectivity index (χ1n) is 7.68. The molecular formula is C16H25N3O2. The average molecular weight is 291 g/mol. The predicted octanol–water partition coefficient (Wildman–Crippen LogP) is 2.02. The van der Waals surface area contributed by atoms with Crippen LogP contribution in [-0.4, -0.2) is 43.3 Å². The van der Waals surface area contributed by atoms with Crippen LogP contribution in [0.5, 0.6) is 0 Å². The molecule has 0 aromatic heterocycles. The van der Waals surface area contributed by atoms with Gasteiger partial charge in [-0.25, -0.2) is 4.79 Å². The summed E-state index contributed by atoms with van der Waals surface area (Å²) in [6.07, 6.45) is 2.75. The molecule has 2 rings (SSSR count). The molecule has 0 spiro atoms. The molecule has 1 aliphatic heterocycles. The molecule has 0 radical (unpaired) electrons. The number of ether oxygens (including phenoxy) is 1. The van der Waals surface area contributed by atoms with Gasteiger partial charge in [-0.15, -0.1) is 0 Å².